The number of aromatic nitrogens is 3. The summed E-state index contributed by atoms with van der Waals surface area (Å²) in [5.41, 5.74) is 6.42. The van der Waals surface area contributed by atoms with Crippen molar-refractivity contribution in [3.63, 3.8) is 0 Å². The first-order valence-corrected chi connectivity index (χ1v) is 9.42. The second kappa shape index (κ2) is 6.67. The van der Waals surface area contributed by atoms with Gasteiger partial charge >= 0.3 is 0 Å². The van der Waals surface area contributed by atoms with Gasteiger partial charge in [-0.05, 0) is 48.1 Å². The average Bonchev–Trinajstić information content (AvgIpc) is 3.08. The molecule has 1 saturated heterocycles. The van der Waals surface area contributed by atoms with Gasteiger partial charge in [0.15, 0.2) is 0 Å². The SMILES string of the molecule is Cn1ccc2ccc(-c3cc(NC4CCOCC4)cc4nccnc34)cc21. The zero-order chi connectivity index (χ0) is 18.2. The summed E-state index contributed by atoms with van der Waals surface area (Å²) in [6, 6.07) is 13.5. The summed E-state index contributed by atoms with van der Waals surface area (Å²) in [7, 11) is 2.08. The molecule has 4 aromatic rings. The van der Waals surface area contributed by atoms with Crippen molar-refractivity contribution in [3.8, 4) is 11.1 Å². The maximum atomic E-state index is 5.48. The fourth-order valence-corrected chi connectivity index (χ4v) is 3.89. The number of ether oxygens (including phenoxy) is 1. The van der Waals surface area contributed by atoms with E-state index >= 15 is 0 Å². The van der Waals surface area contributed by atoms with Crippen molar-refractivity contribution in [1.82, 2.24) is 14.5 Å². The van der Waals surface area contributed by atoms with Crippen LogP contribution < -0.4 is 5.32 Å². The first-order valence-electron chi connectivity index (χ1n) is 9.42. The zero-order valence-electron chi connectivity index (χ0n) is 15.4. The van der Waals surface area contributed by atoms with E-state index in [0.717, 1.165) is 53.9 Å². The smallest absolute Gasteiger partial charge is 0.0966 e. The second-order valence-electron chi connectivity index (χ2n) is 7.18. The highest BCUT2D eigenvalue weighted by atomic mass is 16.5. The Bertz CT molecular complexity index is 1110. The minimum Gasteiger partial charge on any atom is -0.382 e. The number of hydrogen-bond donors (Lipinski definition) is 1. The Morgan fingerprint density at radius 2 is 1.89 bits per heavy atom. The molecule has 0 aliphatic carbocycles. The van der Waals surface area contributed by atoms with Crippen LogP contribution >= 0.6 is 0 Å². The molecule has 136 valence electrons. The summed E-state index contributed by atoms with van der Waals surface area (Å²) in [6.07, 6.45) is 7.67. The van der Waals surface area contributed by atoms with Crippen molar-refractivity contribution < 1.29 is 4.74 Å². The molecule has 1 N–H and O–H groups in total. The number of aryl methyl sites for hydroxylation is 1. The Morgan fingerprint density at radius 1 is 1.04 bits per heavy atom. The van der Waals surface area contributed by atoms with E-state index < -0.39 is 0 Å². The van der Waals surface area contributed by atoms with Crippen LogP contribution in [0, 0.1) is 0 Å². The molecule has 2 aromatic heterocycles. The Kier molecular flexibility index (Phi) is 4.02. The van der Waals surface area contributed by atoms with Crippen LogP contribution in [0.1, 0.15) is 12.8 Å². The van der Waals surface area contributed by atoms with Crippen molar-refractivity contribution in [2.24, 2.45) is 7.05 Å². The van der Waals surface area contributed by atoms with Gasteiger partial charge in [0, 0.05) is 61.7 Å². The monoisotopic (exact) mass is 358 g/mol. The van der Waals surface area contributed by atoms with Crippen molar-refractivity contribution in [2.75, 3.05) is 18.5 Å². The van der Waals surface area contributed by atoms with Crippen LogP contribution in [0.15, 0.2) is 55.0 Å². The molecule has 0 radical (unpaired) electrons. The van der Waals surface area contributed by atoms with Gasteiger partial charge in [-0.25, -0.2) is 0 Å². The molecular formula is C22H22N4O. The van der Waals surface area contributed by atoms with Gasteiger partial charge in [0.05, 0.1) is 11.0 Å². The van der Waals surface area contributed by atoms with Crippen molar-refractivity contribution >= 4 is 27.6 Å². The van der Waals surface area contributed by atoms with E-state index in [2.05, 4.69) is 69.5 Å². The summed E-state index contributed by atoms with van der Waals surface area (Å²) < 4.78 is 7.63. The van der Waals surface area contributed by atoms with Crippen LogP contribution in [0.25, 0.3) is 33.1 Å². The molecule has 1 aliphatic heterocycles. The quantitative estimate of drug-likeness (QED) is 0.590. The maximum absolute atomic E-state index is 5.48. The summed E-state index contributed by atoms with van der Waals surface area (Å²) in [5, 5.41) is 4.92. The fourth-order valence-electron chi connectivity index (χ4n) is 3.89. The van der Waals surface area contributed by atoms with Crippen LogP contribution in [0.4, 0.5) is 5.69 Å². The molecule has 0 amide bonds. The van der Waals surface area contributed by atoms with Gasteiger partial charge in [-0.15, -0.1) is 0 Å². The van der Waals surface area contributed by atoms with E-state index in [1.54, 1.807) is 12.4 Å². The molecule has 0 bridgehead atoms. The molecule has 0 unspecified atom stereocenters. The lowest BCUT2D eigenvalue weighted by molar-refractivity contribution is 0.0904. The van der Waals surface area contributed by atoms with Crippen LogP contribution in [-0.2, 0) is 11.8 Å². The van der Waals surface area contributed by atoms with E-state index in [1.165, 1.54) is 10.9 Å². The highest BCUT2D eigenvalue weighted by Crippen LogP contribution is 2.32. The van der Waals surface area contributed by atoms with Crippen LogP contribution in [0.3, 0.4) is 0 Å². The highest BCUT2D eigenvalue weighted by molar-refractivity contribution is 5.97. The Morgan fingerprint density at radius 3 is 2.78 bits per heavy atom. The highest BCUT2D eigenvalue weighted by Gasteiger charge is 2.15. The van der Waals surface area contributed by atoms with Crippen LogP contribution in [-0.4, -0.2) is 33.8 Å². The number of anilines is 1. The van der Waals surface area contributed by atoms with Crippen molar-refractivity contribution in [3.05, 3.63) is 55.0 Å². The Balaban J connectivity index is 1.63. The molecule has 5 rings (SSSR count). The van der Waals surface area contributed by atoms with E-state index in [9.17, 15) is 0 Å². The fraction of sp³-hybridized carbons (Fsp3) is 0.273. The molecule has 1 aliphatic rings. The van der Waals surface area contributed by atoms with Crippen LogP contribution in [0.2, 0.25) is 0 Å². The number of fused-ring (bicyclic) bond motifs is 2. The molecule has 0 saturated carbocycles. The van der Waals surface area contributed by atoms with Gasteiger partial charge in [0.2, 0.25) is 0 Å². The normalized spacial score (nSPS) is 15.4. The van der Waals surface area contributed by atoms with E-state index in [1.807, 2.05) is 0 Å². The molecule has 0 atom stereocenters. The molecule has 1 fully saturated rings. The Hall–Kier alpha value is -2.92. The summed E-state index contributed by atoms with van der Waals surface area (Å²) >= 11 is 0. The third-order valence-electron chi connectivity index (χ3n) is 5.36. The predicted molar refractivity (Wildman–Crippen MR) is 109 cm³/mol. The minimum atomic E-state index is 0.441. The van der Waals surface area contributed by atoms with Crippen molar-refractivity contribution in [1.29, 1.82) is 0 Å². The standard InChI is InChI=1S/C22H22N4O/c1-26-9-4-15-2-3-16(12-21(15)26)19-13-18(25-17-5-10-27-11-6-17)14-20-22(19)24-8-7-23-20/h2-4,7-9,12-14,17,25H,5-6,10-11H2,1H3. The van der Waals surface area contributed by atoms with Gasteiger partial charge in [0.25, 0.3) is 0 Å². The number of nitrogens with one attached hydrogen (secondary N) is 1. The largest absolute Gasteiger partial charge is 0.382 e. The van der Waals surface area contributed by atoms with Gasteiger partial charge in [-0.3, -0.25) is 9.97 Å². The molecule has 2 aromatic carbocycles. The molecule has 3 heterocycles. The third kappa shape index (κ3) is 3.04. The van der Waals surface area contributed by atoms with Gasteiger partial charge in [-0.2, -0.15) is 0 Å². The van der Waals surface area contributed by atoms with Crippen LogP contribution in [0.5, 0.6) is 0 Å². The molecule has 0 spiro atoms. The maximum Gasteiger partial charge on any atom is 0.0966 e. The summed E-state index contributed by atoms with van der Waals surface area (Å²) in [6.45, 7) is 1.64. The first-order chi connectivity index (χ1) is 13.3. The lowest BCUT2D eigenvalue weighted by Gasteiger charge is -2.24. The number of hydrogen-bond acceptors (Lipinski definition) is 4. The van der Waals surface area contributed by atoms with E-state index in [0.29, 0.717) is 6.04 Å². The molecule has 5 nitrogen and oxygen atoms in total. The molecular weight excluding hydrogens is 336 g/mol. The lowest BCUT2D eigenvalue weighted by atomic mass is 10.0. The average molecular weight is 358 g/mol. The zero-order valence-corrected chi connectivity index (χ0v) is 15.4. The number of benzene rings is 2. The van der Waals surface area contributed by atoms with E-state index in [4.69, 9.17) is 4.74 Å². The third-order valence-corrected chi connectivity index (χ3v) is 5.36. The second-order valence-corrected chi connectivity index (χ2v) is 7.18. The van der Waals surface area contributed by atoms with E-state index in [-0.39, 0.29) is 0 Å². The van der Waals surface area contributed by atoms with Crippen molar-refractivity contribution in [2.45, 2.75) is 18.9 Å². The lowest BCUT2D eigenvalue weighted by Crippen LogP contribution is -2.27. The van der Waals surface area contributed by atoms with Gasteiger partial charge < -0.3 is 14.6 Å². The predicted octanol–water partition coefficient (Wildman–Crippen LogP) is 4.38. The number of rotatable bonds is 3. The molecule has 5 heteroatoms. The topological polar surface area (TPSA) is 52.0 Å². The van der Waals surface area contributed by atoms with Gasteiger partial charge in [0.1, 0.15) is 0 Å². The molecule has 27 heavy (non-hydrogen) atoms. The Labute approximate surface area is 158 Å². The summed E-state index contributed by atoms with van der Waals surface area (Å²) in [4.78, 5) is 9.18. The summed E-state index contributed by atoms with van der Waals surface area (Å²) in [5.74, 6) is 0. The van der Waals surface area contributed by atoms with Gasteiger partial charge in [-0.1, -0.05) is 12.1 Å². The number of nitrogens with zero attached hydrogens (tertiary/aromatic N) is 3. The minimum absolute atomic E-state index is 0.441. The first kappa shape index (κ1) is 16.3.